The zero-order chi connectivity index (χ0) is 20.1. The predicted octanol–water partition coefficient (Wildman–Crippen LogP) is 3.88. The summed E-state index contributed by atoms with van der Waals surface area (Å²) in [6.07, 6.45) is 0. The summed E-state index contributed by atoms with van der Waals surface area (Å²) in [6, 6.07) is 15.9. The third kappa shape index (κ3) is 4.32. The van der Waals surface area contributed by atoms with E-state index in [0.29, 0.717) is 17.1 Å². The van der Waals surface area contributed by atoms with Gasteiger partial charge in [0.05, 0.1) is 12.7 Å². The van der Waals surface area contributed by atoms with Crippen molar-refractivity contribution in [2.45, 2.75) is 13.8 Å². The lowest BCUT2D eigenvalue weighted by molar-refractivity contribution is 0.0600. The van der Waals surface area contributed by atoms with Gasteiger partial charge in [-0.05, 0) is 55.3 Å². The summed E-state index contributed by atoms with van der Waals surface area (Å²) in [5.74, 6) is -0.303. The second-order valence-corrected chi connectivity index (χ2v) is 6.22. The smallest absolute Gasteiger partial charge is 0.337 e. The first-order valence-corrected chi connectivity index (χ1v) is 8.64. The molecule has 0 fully saturated rings. The Hall–Kier alpha value is -3.74. The molecule has 0 aliphatic rings. The number of carbonyl (C=O) groups is 2. The molecule has 1 heterocycles. The van der Waals surface area contributed by atoms with Gasteiger partial charge < -0.3 is 15.4 Å². The Bertz CT molecular complexity index is 996. The van der Waals surface area contributed by atoms with Gasteiger partial charge in [0.2, 0.25) is 0 Å². The molecular weight excluding hydrogens is 356 g/mol. The van der Waals surface area contributed by atoms with Gasteiger partial charge in [0.15, 0.2) is 11.5 Å². The van der Waals surface area contributed by atoms with Crippen LogP contribution in [-0.4, -0.2) is 29.2 Å². The number of esters is 1. The molecule has 0 radical (unpaired) electrons. The average molecular weight is 376 g/mol. The van der Waals surface area contributed by atoms with Crippen molar-refractivity contribution in [3.05, 3.63) is 77.0 Å². The Morgan fingerprint density at radius 1 is 0.929 bits per heavy atom. The number of rotatable bonds is 5. The van der Waals surface area contributed by atoms with E-state index in [1.54, 1.807) is 36.4 Å². The normalized spacial score (nSPS) is 10.2. The lowest BCUT2D eigenvalue weighted by atomic mass is 10.1. The average Bonchev–Trinajstić information content (AvgIpc) is 2.71. The second kappa shape index (κ2) is 8.30. The van der Waals surface area contributed by atoms with Crippen LogP contribution in [0.15, 0.2) is 54.6 Å². The van der Waals surface area contributed by atoms with Crippen molar-refractivity contribution in [3.63, 3.8) is 0 Å². The first-order valence-electron chi connectivity index (χ1n) is 8.64. The van der Waals surface area contributed by atoms with Crippen LogP contribution in [-0.2, 0) is 4.74 Å². The Balaban J connectivity index is 1.71. The molecule has 0 unspecified atom stereocenters. The van der Waals surface area contributed by atoms with Crippen LogP contribution in [0, 0.1) is 13.8 Å². The van der Waals surface area contributed by atoms with Gasteiger partial charge in [-0.25, -0.2) is 4.79 Å². The number of methoxy groups -OCH3 is 1. The number of amides is 1. The third-order valence-electron chi connectivity index (χ3n) is 4.17. The monoisotopic (exact) mass is 376 g/mol. The minimum Gasteiger partial charge on any atom is -0.465 e. The number of aromatic nitrogens is 2. The molecule has 0 aliphatic carbocycles. The van der Waals surface area contributed by atoms with Gasteiger partial charge in [0.1, 0.15) is 0 Å². The van der Waals surface area contributed by atoms with Gasteiger partial charge >= 0.3 is 5.97 Å². The van der Waals surface area contributed by atoms with Crippen LogP contribution in [0.2, 0.25) is 0 Å². The molecule has 3 aromatic rings. The summed E-state index contributed by atoms with van der Waals surface area (Å²) < 4.78 is 4.71. The molecule has 0 saturated heterocycles. The van der Waals surface area contributed by atoms with E-state index in [1.165, 1.54) is 7.11 Å². The van der Waals surface area contributed by atoms with Crippen LogP contribution < -0.4 is 10.6 Å². The van der Waals surface area contributed by atoms with E-state index in [4.69, 9.17) is 4.74 Å². The first-order chi connectivity index (χ1) is 13.5. The molecule has 0 aliphatic heterocycles. The van der Waals surface area contributed by atoms with E-state index in [1.807, 2.05) is 32.0 Å². The molecule has 1 amide bonds. The SMILES string of the molecule is COC(=O)c1cccc(Nc2ccc(C(=O)Nc3c(C)cccc3C)nn2)c1. The molecule has 3 rings (SSSR count). The highest BCUT2D eigenvalue weighted by atomic mass is 16.5. The van der Waals surface area contributed by atoms with Crippen LogP contribution in [0.5, 0.6) is 0 Å². The first kappa shape index (κ1) is 19.0. The maximum absolute atomic E-state index is 12.5. The summed E-state index contributed by atoms with van der Waals surface area (Å²) >= 11 is 0. The van der Waals surface area contributed by atoms with Crippen molar-refractivity contribution >= 4 is 29.1 Å². The summed E-state index contributed by atoms with van der Waals surface area (Å²) in [6.45, 7) is 3.87. The Morgan fingerprint density at radius 2 is 1.64 bits per heavy atom. The summed E-state index contributed by atoms with van der Waals surface area (Å²) in [5.41, 5.74) is 4.01. The van der Waals surface area contributed by atoms with Gasteiger partial charge in [0, 0.05) is 11.4 Å². The number of nitrogens with zero attached hydrogens (tertiary/aromatic N) is 2. The van der Waals surface area contributed by atoms with E-state index in [9.17, 15) is 9.59 Å². The topological polar surface area (TPSA) is 93.2 Å². The molecule has 0 saturated carbocycles. The molecule has 0 atom stereocenters. The molecule has 7 nitrogen and oxygen atoms in total. The molecule has 2 aromatic carbocycles. The van der Waals surface area contributed by atoms with E-state index in [0.717, 1.165) is 16.8 Å². The molecule has 7 heteroatoms. The maximum Gasteiger partial charge on any atom is 0.337 e. The highest BCUT2D eigenvalue weighted by Crippen LogP contribution is 2.20. The second-order valence-electron chi connectivity index (χ2n) is 6.22. The van der Waals surface area contributed by atoms with E-state index in [-0.39, 0.29) is 11.6 Å². The zero-order valence-corrected chi connectivity index (χ0v) is 15.8. The van der Waals surface area contributed by atoms with Crippen LogP contribution >= 0.6 is 0 Å². The number of ether oxygens (including phenoxy) is 1. The summed E-state index contributed by atoms with van der Waals surface area (Å²) in [4.78, 5) is 24.1. The number of para-hydroxylation sites is 1. The summed E-state index contributed by atoms with van der Waals surface area (Å²) in [7, 11) is 1.33. The van der Waals surface area contributed by atoms with Crippen LogP contribution in [0.25, 0.3) is 0 Å². The van der Waals surface area contributed by atoms with Crippen LogP contribution in [0.4, 0.5) is 17.2 Å². The minimum atomic E-state index is -0.423. The molecular formula is C21H20N4O3. The van der Waals surface area contributed by atoms with Crippen molar-refractivity contribution in [2.24, 2.45) is 0 Å². The largest absolute Gasteiger partial charge is 0.465 e. The molecule has 1 aromatic heterocycles. The minimum absolute atomic E-state index is 0.205. The van der Waals surface area contributed by atoms with Crippen molar-refractivity contribution in [3.8, 4) is 0 Å². The highest BCUT2D eigenvalue weighted by molar-refractivity contribution is 6.03. The highest BCUT2D eigenvalue weighted by Gasteiger charge is 2.12. The van der Waals surface area contributed by atoms with Crippen molar-refractivity contribution < 1.29 is 14.3 Å². The van der Waals surface area contributed by atoms with Gasteiger partial charge in [-0.2, -0.15) is 0 Å². The lowest BCUT2D eigenvalue weighted by Gasteiger charge is -2.11. The van der Waals surface area contributed by atoms with Crippen molar-refractivity contribution in [2.75, 3.05) is 17.7 Å². The number of aryl methyl sites for hydroxylation is 2. The number of hydrogen-bond donors (Lipinski definition) is 2. The van der Waals surface area contributed by atoms with Crippen LogP contribution in [0.3, 0.4) is 0 Å². The summed E-state index contributed by atoms with van der Waals surface area (Å²) in [5, 5.41) is 13.9. The van der Waals surface area contributed by atoms with E-state index in [2.05, 4.69) is 20.8 Å². The number of hydrogen-bond acceptors (Lipinski definition) is 6. The number of benzene rings is 2. The van der Waals surface area contributed by atoms with Gasteiger partial charge in [-0.1, -0.05) is 24.3 Å². The standard InChI is InChI=1S/C21H20N4O3/c1-13-6-4-7-14(2)19(13)23-20(26)17-10-11-18(25-24-17)22-16-9-5-8-15(12-16)21(27)28-3/h4-12H,1-3H3,(H,22,25)(H,23,26). The van der Waals surface area contributed by atoms with Crippen molar-refractivity contribution in [1.29, 1.82) is 0 Å². The fourth-order valence-electron chi connectivity index (χ4n) is 2.70. The van der Waals surface area contributed by atoms with Crippen molar-refractivity contribution in [1.82, 2.24) is 10.2 Å². The molecule has 28 heavy (non-hydrogen) atoms. The van der Waals surface area contributed by atoms with Gasteiger partial charge in [-0.3, -0.25) is 4.79 Å². The lowest BCUT2D eigenvalue weighted by Crippen LogP contribution is -2.16. The predicted molar refractivity (Wildman–Crippen MR) is 107 cm³/mol. The molecule has 0 spiro atoms. The molecule has 2 N–H and O–H groups in total. The molecule has 0 bridgehead atoms. The third-order valence-corrected chi connectivity index (χ3v) is 4.17. The van der Waals surface area contributed by atoms with E-state index >= 15 is 0 Å². The Morgan fingerprint density at radius 3 is 2.29 bits per heavy atom. The van der Waals surface area contributed by atoms with Gasteiger partial charge in [0.25, 0.3) is 5.91 Å². The molecule has 142 valence electrons. The van der Waals surface area contributed by atoms with Crippen LogP contribution in [0.1, 0.15) is 32.0 Å². The number of carbonyl (C=O) groups excluding carboxylic acids is 2. The maximum atomic E-state index is 12.5. The quantitative estimate of drug-likeness (QED) is 0.657. The fourth-order valence-corrected chi connectivity index (χ4v) is 2.70. The fraction of sp³-hybridized carbons (Fsp3) is 0.143. The number of nitrogens with one attached hydrogen (secondary N) is 2. The van der Waals surface area contributed by atoms with Gasteiger partial charge in [-0.15, -0.1) is 10.2 Å². The Labute approximate surface area is 162 Å². The Kier molecular flexibility index (Phi) is 5.64. The van der Waals surface area contributed by atoms with E-state index < -0.39 is 5.97 Å². The number of anilines is 3. The zero-order valence-electron chi connectivity index (χ0n) is 15.8.